The van der Waals surface area contributed by atoms with E-state index in [1.54, 1.807) is 24.3 Å². The molecule has 0 heterocycles. The van der Waals surface area contributed by atoms with Crippen molar-refractivity contribution in [2.75, 3.05) is 0 Å². The third kappa shape index (κ3) is 3.46. The maximum atomic E-state index is 12.1. The topological polar surface area (TPSA) is 17.1 Å². The molecule has 0 aromatic heterocycles. The van der Waals surface area contributed by atoms with Gasteiger partial charge in [-0.3, -0.25) is 4.79 Å². The zero-order valence-electron chi connectivity index (χ0n) is 10.4. The van der Waals surface area contributed by atoms with E-state index in [0.29, 0.717) is 15.6 Å². The lowest BCUT2D eigenvalue weighted by Gasteiger charge is -2.04. The molecule has 1 nitrogen and oxygen atoms in total. The van der Waals surface area contributed by atoms with E-state index in [9.17, 15) is 4.79 Å². The van der Waals surface area contributed by atoms with Crippen molar-refractivity contribution in [3.63, 3.8) is 0 Å². The minimum atomic E-state index is -0.0834. The number of benzene rings is 2. The van der Waals surface area contributed by atoms with Gasteiger partial charge in [0.2, 0.25) is 0 Å². The van der Waals surface area contributed by atoms with Gasteiger partial charge in [0.05, 0.1) is 10.0 Å². The van der Waals surface area contributed by atoms with E-state index >= 15 is 0 Å². The molecule has 2 rings (SSSR count). The van der Waals surface area contributed by atoms with Gasteiger partial charge in [-0.05, 0) is 36.3 Å². The molecule has 96 valence electrons. The summed E-state index contributed by atoms with van der Waals surface area (Å²) < 4.78 is 0. The van der Waals surface area contributed by atoms with Crippen molar-refractivity contribution in [2.45, 2.75) is 6.92 Å². The Morgan fingerprint density at radius 2 is 1.68 bits per heavy atom. The monoisotopic (exact) mass is 290 g/mol. The van der Waals surface area contributed by atoms with Crippen LogP contribution in [0.25, 0.3) is 6.08 Å². The molecule has 3 heteroatoms. The Bertz CT molecular complexity index is 631. The van der Waals surface area contributed by atoms with Crippen LogP contribution in [0, 0.1) is 6.92 Å². The zero-order valence-corrected chi connectivity index (χ0v) is 11.9. The van der Waals surface area contributed by atoms with Crippen molar-refractivity contribution in [1.29, 1.82) is 0 Å². The molecule has 0 aliphatic carbocycles. The summed E-state index contributed by atoms with van der Waals surface area (Å²) >= 11 is 11.8. The van der Waals surface area contributed by atoms with Gasteiger partial charge in [-0.15, -0.1) is 0 Å². The predicted molar refractivity (Wildman–Crippen MR) is 81.0 cm³/mol. The maximum Gasteiger partial charge on any atom is 0.186 e. The van der Waals surface area contributed by atoms with Crippen molar-refractivity contribution >= 4 is 35.1 Å². The number of halogens is 2. The summed E-state index contributed by atoms with van der Waals surface area (Å²) in [7, 11) is 0. The summed E-state index contributed by atoms with van der Waals surface area (Å²) in [6.07, 6.45) is 3.33. The first-order valence-corrected chi connectivity index (χ1v) is 6.56. The minimum absolute atomic E-state index is 0.0834. The summed E-state index contributed by atoms with van der Waals surface area (Å²) in [6, 6.07) is 13.0. The Labute approximate surface area is 122 Å². The van der Waals surface area contributed by atoms with Crippen LogP contribution in [0.3, 0.4) is 0 Å². The van der Waals surface area contributed by atoms with Gasteiger partial charge < -0.3 is 0 Å². The quantitative estimate of drug-likeness (QED) is 0.561. The Morgan fingerprint density at radius 1 is 1.05 bits per heavy atom. The minimum Gasteiger partial charge on any atom is -0.289 e. The molecule has 0 atom stereocenters. The van der Waals surface area contributed by atoms with E-state index in [1.807, 2.05) is 37.3 Å². The summed E-state index contributed by atoms with van der Waals surface area (Å²) in [6.45, 7) is 1.84. The highest BCUT2D eigenvalue weighted by Gasteiger charge is 2.09. The van der Waals surface area contributed by atoms with Gasteiger partial charge in [0.1, 0.15) is 0 Å². The van der Waals surface area contributed by atoms with Crippen molar-refractivity contribution in [2.24, 2.45) is 0 Å². The second-order valence-corrected chi connectivity index (χ2v) is 5.00. The lowest BCUT2D eigenvalue weighted by molar-refractivity contribution is 0.104. The lowest BCUT2D eigenvalue weighted by atomic mass is 10.0. The van der Waals surface area contributed by atoms with Crippen LogP contribution in [0.4, 0.5) is 0 Å². The Hall–Kier alpha value is -1.57. The molecule has 0 aliphatic rings. The molecule has 0 saturated carbocycles. The van der Waals surface area contributed by atoms with E-state index in [4.69, 9.17) is 23.2 Å². The van der Waals surface area contributed by atoms with Crippen molar-refractivity contribution in [1.82, 2.24) is 0 Å². The Kier molecular flexibility index (Phi) is 4.41. The average molecular weight is 291 g/mol. The number of ketones is 1. The molecule has 0 fully saturated rings. The van der Waals surface area contributed by atoms with Gasteiger partial charge in [-0.25, -0.2) is 0 Å². The van der Waals surface area contributed by atoms with Crippen LogP contribution >= 0.6 is 23.2 Å². The van der Waals surface area contributed by atoms with E-state index < -0.39 is 0 Å². The zero-order chi connectivity index (χ0) is 13.8. The average Bonchev–Trinajstić information content (AvgIpc) is 2.41. The molecule has 0 radical (unpaired) electrons. The van der Waals surface area contributed by atoms with Gasteiger partial charge in [0, 0.05) is 5.56 Å². The van der Waals surface area contributed by atoms with Crippen LogP contribution in [0.15, 0.2) is 48.5 Å². The molecule has 0 saturated heterocycles. The van der Waals surface area contributed by atoms with Gasteiger partial charge in [0.15, 0.2) is 5.78 Å². The second-order valence-electron chi connectivity index (χ2n) is 4.19. The standard InChI is InChI=1S/C16H12Cl2O/c1-11-9-14(17)15(18)10-13(11)16(19)8-7-12-5-3-2-4-6-12/h2-10H,1H3. The fraction of sp³-hybridized carbons (Fsp3) is 0.0625. The number of hydrogen-bond acceptors (Lipinski definition) is 1. The van der Waals surface area contributed by atoms with Gasteiger partial charge >= 0.3 is 0 Å². The lowest BCUT2D eigenvalue weighted by Crippen LogP contribution is -1.98. The van der Waals surface area contributed by atoms with Crippen molar-refractivity contribution in [3.05, 3.63) is 75.3 Å². The molecule has 0 spiro atoms. The van der Waals surface area contributed by atoms with Gasteiger partial charge in [-0.2, -0.15) is 0 Å². The molecule has 0 bridgehead atoms. The van der Waals surface area contributed by atoms with Gasteiger partial charge in [-0.1, -0.05) is 59.6 Å². The van der Waals surface area contributed by atoms with Crippen molar-refractivity contribution in [3.8, 4) is 0 Å². The smallest absolute Gasteiger partial charge is 0.186 e. The largest absolute Gasteiger partial charge is 0.289 e. The van der Waals surface area contributed by atoms with E-state index in [-0.39, 0.29) is 5.78 Å². The third-order valence-electron chi connectivity index (χ3n) is 2.76. The van der Waals surface area contributed by atoms with Crippen LogP contribution < -0.4 is 0 Å². The highest BCUT2D eigenvalue weighted by Crippen LogP contribution is 2.26. The number of hydrogen-bond donors (Lipinski definition) is 0. The fourth-order valence-electron chi connectivity index (χ4n) is 1.74. The number of allylic oxidation sites excluding steroid dienone is 1. The number of carbonyl (C=O) groups excluding carboxylic acids is 1. The third-order valence-corrected chi connectivity index (χ3v) is 3.48. The molecule has 2 aromatic carbocycles. The van der Waals surface area contributed by atoms with E-state index in [2.05, 4.69) is 0 Å². The number of carbonyl (C=O) groups is 1. The molecule has 0 aliphatic heterocycles. The second kappa shape index (κ2) is 6.05. The number of rotatable bonds is 3. The summed E-state index contributed by atoms with van der Waals surface area (Å²) in [5.74, 6) is -0.0834. The SMILES string of the molecule is Cc1cc(Cl)c(Cl)cc1C(=O)C=Cc1ccccc1. The van der Waals surface area contributed by atoms with Crippen LogP contribution in [-0.2, 0) is 0 Å². The Balaban J connectivity index is 2.26. The molecule has 2 aromatic rings. The fourth-order valence-corrected chi connectivity index (χ4v) is 2.12. The normalized spacial score (nSPS) is 10.9. The highest BCUT2D eigenvalue weighted by molar-refractivity contribution is 6.42. The molecule has 0 unspecified atom stereocenters. The molecule has 0 amide bonds. The predicted octanol–water partition coefficient (Wildman–Crippen LogP) is 5.20. The van der Waals surface area contributed by atoms with E-state index in [0.717, 1.165) is 11.1 Å². The first-order chi connectivity index (χ1) is 9.08. The van der Waals surface area contributed by atoms with Crippen LogP contribution in [-0.4, -0.2) is 5.78 Å². The van der Waals surface area contributed by atoms with Crippen LogP contribution in [0.1, 0.15) is 21.5 Å². The van der Waals surface area contributed by atoms with Crippen LogP contribution in [0.5, 0.6) is 0 Å². The summed E-state index contributed by atoms with van der Waals surface area (Å²) in [5, 5.41) is 0.853. The first kappa shape index (κ1) is 13.9. The van der Waals surface area contributed by atoms with Crippen molar-refractivity contribution < 1.29 is 4.79 Å². The summed E-state index contributed by atoms with van der Waals surface area (Å²) in [4.78, 5) is 12.1. The molecule has 19 heavy (non-hydrogen) atoms. The van der Waals surface area contributed by atoms with E-state index in [1.165, 1.54) is 0 Å². The maximum absolute atomic E-state index is 12.1. The first-order valence-electron chi connectivity index (χ1n) is 5.81. The Morgan fingerprint density at radius 3 is 2.37 bits per heavy atom. The number of aryl methyl sites for hydroxylation is 1. The highest BCUT2D eigenvalue weighted by atomic mass is 35.5. The molecular weight excluding hydrogens is 279 g/mol. The molecular formula is C16H12Cl2O. The van der Waals surface area contributed by atoms with Gasteiger partial charge in [0.25, 0.3) is 0 Å². The molecule has 0 N–H and O–H groups in total. The summed E-state index contributed by atoms with van der Waals surface area (Å²) in [5.41, 5.74) is 2.37. The van der Waals surface area contributed by atoms with Crippen LogP contribution in [0.2, 0.25) is 10.0 Å².